The molecular weight excluding hydrogens is 266 g/mol. The van der Waals surface area contributed by atoms with Crippen LogP contribution in [0.1, 0.15) is 30.4 Å². The summed E-state index contributed by atoms with van der Waals surface area (Å²) in [5, 5.41) is 3.19. The molecule has 0 aromatic heterocycles. The molecular formula is C16H25N3S. The van der Waals surface area contributed by atoms with E-state index < -0.39 is 0 Å². The molecule has 0 saturated heterocycles. The van der Waals surface area contributed by atoms with E-state index in [0.29, 0.717) is 5.96 Å². The number of rotatable bonds is 7. The summed E-state index contributed by atoms with van der Waals surface area (Å²) in [6.45, 7) is 3.90. The molecule has 2 rings (SSSR count). The van der Waals surface area contributed by atoms with Crippen molar-refractivity contribution in [2.24, 2.45) is 16.6 Å². The number of benzene rings is 1. The predicted molar refractivity (Wildman–Crippen MR) is 89.2 cm³/mol. The van der Waals surface area contributed by atoms with Gasteiger partial charge in [0.25, 0.3) is 0 Å². The van der Waals surface area contributed by atoms with Gasteiger partial charge < -0.3 is 11.1 Å². The summed E-state index contributed by atoms with van der Waals surface area (Å²) in [6.07, 6.45) is 4.01. The summed E-state index contributed by atoms with van der Waals surface area (Å²) in [7, 11) is 0. The molecule has 3 nitrogen and oxygen atoms in total. The highest BCUT2D eigenvalue weighted by molar-refractivity contribution is 7.98. The average molecular weight is 291 g/mol. The number of nitrogens with zero attached hydrogens (tertiary/aromatic N) is 1. The van der Waals surface area contributed by atoms with Crippen molar-refractivity contribution < 1.29 is 0 Å². The summed E-state index contributed by atoms with van der Waals surface area (Å²) < 4.78 is 0. The fraction of sp³-hybridized carbons (Fsp3) is 0.562. The lowest BCUT2D eigenvalue weighted by atomic mass is 9.86. The number of aryl methyl sites for hydroxylation is 1. The Kier molecular flexibility index (Phi) is 6.25. The number of nitrogens with two attached hydrogens (primary N) is 1. The monoisotopic (exact) mass is 291 g/mol. The Hall–Kier alpha value is -1.16. The molecule has 0 bridgehead atoms. The van der Waals surface area contributed by atoms with Gasteiger partial charge in [0.2, 0.25) is 0 Å². The molecule has 4 heteroatoms. The largest absolute Gasteiger partial charge is 0.370 e. The fourth-order valence-corrected chi connectivity index (χ4v) is 2.90. The number of hydrogen-bond donors (Lipinski definition) is 2. The van der Waals surface area contributed by atoms with Crippen molar-refractivity contribution >= 4 is 17.7 Å². The Balaban J connectivity index is 1.53. The SMILES string of the molecule is Cc1ccc(CSCCNC(N)=NCC2CCC2)cc1. The predicted octanol–water partition coefficient (Wildman–Crippen LogP) is 2.93. The number of thioether (sulfide) groups is 1. The van der Waals surface area contributed by atoms with E-state index in [1.807, 2.05) is 11.8 Å². The summed E-state index contributed by atoms with van der Waals surface area (Å²) >= 11 is 1.92. The minimum atomic E-state index is 0.604. The molecule has 0 spiro atoms. The molecule has 0 unspecified atom stereocenters. The Morgan fingerprint density at radius 1 is 1.35 bits per heavy atom. The van der Waals surface area contributed by atoms with E-state index in [1.54, 1.807) is 0 Å². The summed E-state index contributed by atoms with van der Waals surface area (Å²) in [5.41, 5.74) is 8.54. The van der Waals surface area contributed by atoms with Gasteiger partial charge in [-0.3, -0.25) is 4.99 Å². The van der Waals surface area contributed by atoms with Crippen LogP contribution in [0, 0.1) is 12.8 Å². The van der Waals surface area contributed by atoms with Crippen LogP contribution in [0.3, 0.4) is 0 Å². The van der Waals surface area contributed by atoms with Gasteiger partial charge in [-0.1, -0.05) is 36.2 Å². The van der Waals surface area contributed by atoms with E-state index in [2.05, 4.69) is 41.5 Å². The highest BCUT2D eigenvalue weighted by Gasteiger charge is 2.16. The van der Waals surface area contributed by atoms with Crippen molar-refractivity contribution in [3.63, 3.8) is 0 Å². The Labute approximate surface area is 126 Å². The Morgan fingerprint density at radius 3 is 2.75 bits per heavy atom. The third-order valence-corrected chi connectivity index (χ3v) is 4.72. The molecule has 1 aliphatic carbocycles. The van der Waals surface area contributed by atoms with Crippen molar-refractivity contribution in [1.82, 2.24) is 5.32 Å². The van der Waals surface area contributed by atoms with E-state index in [0.717, 1.165) is 30.5 Å². The zero-order valence-corrected chi connectivity index (χ0v) is 13.1. The zero-order chi connectivity index (χ0) is 14.2. The van der Waals surface area contributed by atoms with Gasteiger partial charge in [-0.2, -0.15) is 11.8 Å². The second-order valence-corrected chi connectivity index (χ2v) is 6.59. The molecule has 0 atom stereocenters. The zero-order valence-electron chi connectivity index (χ0n) is 12.3. The van der Waals surface area contributed by atoms with Gasteiger partial charge in [0.05, 0.1) is 0 Å². The molecule has 3 N–H and O–H groups in total. The van der Waals surface area contributed by atoms with Crippen molar-refractivity contribution in [1.29, 1.82) is 0 Å². The minimum Gasteiger partial charge on any atom is -0.370 e. The first-order valence-electron chi connectivity index (χ1n) is 7.41. The van der Waals surface area contributed by atoms with Gasteiger partial charge in [-0.05, 0) is 31.2 Å². The molecule has 1 aliphatic rings. The molecule has 1 aromatic carbocycles. The first kappa shape index (κ1) is 15.2. The van der Waals surface area contributed by atoms with Gasteiger partial charge in [-0.15, -0.1) is 0 Å². The fourth-order valence-electron chi connectivity index (χ4n) is 2.08. The second-order valence-electron chi connectivity index (χ2n) is 5.49. The number of hydrogen-bond acceptors (Lipinski definition) is 2. The van der Waals surface area contributed by atoms with E-state index >= 15 is 0 Å². The normalized spacial score (nSPS) is 15.9. The van der Waals surface area contributed by atoms with Crippen LogP contribution in [-0.2, 0) is 5.75 Å². The summed E-state index contributed by atoms with van der Waals surface area (Å²) in [4.78, 5) is 4.39. The van der Waals surface area contributed by atoms with Crippen molar-refractivity contribution in [3.05, 3.63) is 35.4 Å². The number of nitrogens with one attached hydrogen (secondary N) is 1. The third-order valence-electron chi connectivity index (χ3n) is 3.69. The van der Waals surface area contributed by atoms with Gasteiger partial charge in [0.15, 0.2) is 5.96 Å². The van der Waals surface area contributed by atoms with Crippen LogP contribution in [-0.4, -0.2) is 24.8 Å². The van der Waals surface area contributed by atoms with E-state index in [1.165, 1.54) is 30.4 Å². The molecule has 0 amide bonds. The molecule has 1 fully saturated rings. The lowest BCUT2D eigenvalue weighted by molar-refractivity contribution is 0.326. The first-order valence-corrected chi connectivity index (χ1v) is 8.56. The third kappa shape index (κ3) is 5.45. The van der Waals surface area contributed by atoms with Gasteiger partial charge >= 0.3 is 0 Å². The highest BCUT2D eigenvalue weighted by atomic mass is 32.2. The van der Waals surface area contributed by atoms with E-state index in [-0.39, 0.29) is 0 Å². The van der Waals surface area contributed by atoms with Crippen LogP contribution in [0.25, 0.3) is 0 Å². The van der Waals surface area contributed by atoms with E-state index in [9.17, 15) is 0 Å². The first-order chi connectivity index (χ1) is 9.74. The maximum Gasteiger partial charge on any atom is 0.188 e. The number of aliphatic imine (C=N–C) groups is 1. The molecule has 110 valence electrons. The van der Waals surface area contributed by atoms with Crippen LogP contribution < -0.4 is 11.1 Å². The van der Waals surface area contributed by atoms with Crippen molar-refractivity contribution in [2.75, 3.05) is 18.8 Å². The van der Waals surface area contributed by atoms with Gasteiger partial charge in [0.1, 0.15) is 0 Å². The maximum atomic E-state index is 5.84. The van der Waals surface area contributed by atoms with Crippen LogP contribution >= 0.6 is 11.8 Å². The van der Waals surface area contributed by atoms with Crippen LogP contribution in [0.15, 0.2) is 29.3 Å². The molecule has 0 aliphatic heterocycles. The molecule has 1 aromatic rings. The highest BCUT2D eigenvalue weighted by Crippen LogP contribution is 2.26. The lowest BCUT2D eigenvalue weighted by Gasteiger charge is -2.23. The number of guanidine groups is 1. The summed E-state index contributed by atoms with van der Waals surface area (Å²) in [5.74, 6) is 3.49. The average Bonchev–Trinajstić information content (AvgIpc) is 2.39. The van der Waals surface area contributed by atoms with Gasteiger partial charge in [0, 0.05) is 24.6 Å². The van der Waals surface area contributed by atoms with Crippen LogP contribution in [0.2, 0.25) is 0 Å². The molecule has 1 saturated carbocycles. The minimum absolute atomic E-state index is 0.604. The molecule has 0 radical (unpaired) electrons. The molecule has 0 heterocycles. The van der Waals surface area contributed by atoms with Crippen LogP contribution in [0.4, 0.5) is 0 Å². The quantitative estimate of drug-likeness (QED) is 0.461. The van der Waals surface area contributed by atoms with Crippen LogP contribution in [0.5, 0.6) is 0 Å². The lowest BCUT2D eigenvalue weighted by Crippen LogP contribution is -2.34. The second kappa shape index (κ2) is 8.20. The topological polar surface area (TPSA) is 50.4 Å². The Morgan fingerprint density at radius 2 is 2.10 bits per heavy atom. The smallest absolute Gasteiger partial charge is 0.188 e. The van der Waals surface area contributed by atoms with Crippen molar-refractivity contribution in [2.45, 2.75) is 31.9 Å². The summed E-state index contributed by atoms with van der Waals surface area (Å²) in [6, 6.07) is 8.73. The van der Waals surface area contributed by atoms with E-state index in [4.69, 9.17) is 5.73 Å². The Bertz CT molecular complexity index is 424. The molecule has 20 heavy (non-hydrogen) atoms. The maximum absolute atomic E-state index is 5.84. The van der Waals surface area contributed by atoms with Gasteiger partial charge in [-0.25, -0.2) is 0 Å². The standard InChI is InChI=1S/C16H25N3S/c1-13-5-7-15(8-6-13)12-20-10-9-18-16(17)19-11-14-3-2-4-14/h5-8,14H,2-4,9-12H2,1H3,(H3,17,18,19). The van der Waals surface area contributed by atoms with Crippen molar-refractivity contribution in [3.8, 4) is 0 Å².